The van der Waals surface area contributed by atoms with Gasteiger partial charge in [0.05, 0.1) is 0 Å². The van der Waals surface area contributed by atoms with Gasteiger partial charge in [0.2, 0.25) is 0 Å². The van der Waals surface area contributed by atoms with Crippen molar-refractivity contribution in [1.82, 2.24) is 4.98 Å². The Morgan fingerprint density at radius 1 is 1.29 bits per heavy atom. The van der Waals surface area contributed by atoms with Crippen molar-refractivity contribution in [3.63, 3.8) is 0 Å². The molecular weight excluding hydrogens is 235 g/mol. The molecule has 2 aromatic rings. The zero-order chi connectivity index (χ0) is 11.9. The Bertz CT molecular complexity index is 442. The van der Waals surface area contributed by atoms with Gasteiger partial charge in [-0.25, -0.2) is 9.37 Å². The van der Waals surface area contributed by atoms with Gasteiger partial charge in [-0.05, 0) is 37.0 Å². The van der Waals surface area contributed by atoms with Crippen LogP contribution in [-0.4, -0.2) is 11.5 Å². The number of hydrogen-bond acceptors (Lipinski definition) is 3. The van der Waals surface area contributed by atoms with E-state index in [0.717, 1.165) is 36.5 Å². The summed E-state index contributed by atoms with van der Waals surface area (Å²) in [5.74, 6) is -0.150. The number of benzene rings is 1. The predicted octanol–water partition coefficient (Wildman–Crippen LogP) is 3.72. The topological polar surface area (TPSA) is 24.9 Å². The Hall–Kier alpha value is -1.42. The molecule has 1 N–H and O–H groups in total. The molecule has 2 nitrogen and oxygen atoms in total. The number of nitrogens with one attached hydrogen (secondary N) is 1. The third kappa shape index (κ3) is 4.15. The average Bonchev–Trinajstić information content (AvgIpc) is 2.82. The molecule has 0 atom stereocenters. The van der Waals surface area contributed by atoms with Crippen molar-refractivity contribution in [2.75, 3.05) is 11.9 Å². The molecule has 1 aromatic carbocycles. The van der Waals surface area contributed by atoms with Crippen LogP contribution in [0.1, 0.15) is 18.4 Å². The van der Waals surface area contributed by atoms with Crippen LogP contribution in [0.15, 0.2) is 35.8 Å². The molecule has 2 rings (SSSR count). The van der Waals surface area contributed by atoms with Crippen LogP contribution in [-0.2, 0) is 6.42 Å². The lowest BCUT2D eigenvalue weighted by molar-refractivity contribution is 0.624. The van der Waals surface area contributed by atoms with Crippen LogP contribution < -0.4 is 5.32 Å². The van der Waals surface area contributed by atoms with E-state index in [2.05, 4.69) is 10.3 Å². The van der Waals surface area contributed by atoms with Crippen LogP contribution in [0.4, 0.5) is 9.52 Å². The molecular formula is C13H15FN2S. The highest BCUT2D eigenvalue weighted by atomic mass is 32.1. The Morgan fingerprint density at radius 2 is 2.24 bits per heavy atom. The van der Waals surface area contributed by atoms with Gasteiger partial charge in [-0.1, -0.05) is 12.1 Å². The van der Waals surface area contributed by atoms with E-state index in [1.807, 2.05) is 11.4 Å². The van der Waals surface area contributed by atoms with E-state index in [9.17, 15) is 4.39 Å². The molecule has 17 heavy (non-hydrogen) atoms. The molecule has 1 aromatic heterocycles. The number of unbranched alkanes of at least 4 members (excludes halogenated alkanes) is 1. The van der Waals surface area contributed by atoms with Crippen molar-refractivity contribution in [2.24, 2.45) is 0 Å². The second-order valence-electron chi connectivity index (χ2n) is 3.85. The maximum absolute atomic E-state index is 12.9. The number of rotatable bonds is 6. The van der Waals surface area contributed by atoms with Crippen LogP contribution >= 0.6 is 11.3 Å². The second kappa shape index (κ2) is 6.35. The molecule has 0 spiro atoms. The van der Waals surface area contributed by atoms with Gasteiger partial charge in [-0.2, -0.15) is 0 Å². The van der Waals surface area contributed by atoms with E-state index in [-0.39, 0.29) is 5.82 Å². The first-order valence-electron chi connectivity index (χ1n) is 5.72. The number of halogens is 1. The van der Waals surface area contributed by atoms with Gasteiger partial charge in [0.25, 0.3) is 0 Å². The summed E-state index contributed by atoms with van der Waals surface area (Å²) in [4.78, 5) is 4.14. The molecule has 0 unspecified atom stereocenters. The molecule has 0 bridgehead atoms. The van der Waals surface area contributed by atoms with Gasteiger partial charge in [0, 0.05) is 18.1 Å². The summed E-state index contributed by atoms with van der Waals surface area (Å²) in [6.45, 7) is 0.919. The van der Waals surface area contributed by atoms with Gasteiger partial charge in [-0.3, -0.25) is 0 Å². The smallest absolute Gasteiger partial charge is 0.182 e. The van der Waals surface area contributed by atoms with E-state index < -0.39 is 0 Å². The maximum atomic E-state index is 12.9. The average molecular weight is 250 g/mol. The van der Waals surface area contributed by atoms with E-state index >= 15 is 0 Å². The number of aromatic nitrogens is 1. The first kappa shape index (κ1) is 12.0. The summed E-state index contributed by atoms with van der Waals surface area (Å²) in [5.41, 5.74) is 1.07. The molecule has 0 fully saturated rings. The van der Waals surface area contributed by atoms with E-state index in [4.69, 9.17) is 0 Å². The quantitative estimate of drug-likeness (QED) is 0.790. The largest absolute Gasteiger partial charge is 0.362 e. The summed E-state index contributed by atoms with van der Waals surface area (Å²) in [6, 6.07) is 6.82. The molecule has 4 heteroatoms. The van der Waals surface area contributed by atoms with Crippen molar-refractivity contribution in [1.29, 1.82) is 0 Å². The molecule has 0 saturated heterocycles. The molecule has 0 aliphatic carbocycles. The summed E-state index contributed by atoms with van der Waals surface area (Å²) in [6.07, 6.45) is 4.84. The Labute approximate surface area is 105 Å². The van der Waals surface area contributed by atoms with Crippen molar-refractivity contribution in [2.45, 2.75) is 19.3 Å². The fourth-order valence-corrected chi connectivity index (χ4v) is 2.21. The maximum Gasteiger partial charge on any atom is 0.182 e. The van der Waals surface area contributed by atoms with Gasteiger partial charge in [-0.15, -0.1) is 11.3 Å². The minimum Gasteiger partial charge on any atom is -0.362 e. The summed E-state index contributed by atoms with van der Waals surface area (Å²) in [5, 5.41) is 6.18. The van der Waals surface area contributed by atoms with Crippen molar-refractivity contribution in [3.8, 4) is 0 Å². The molecule has 0 amide bonds. The van der Waals surface area contributed by atoms with Crippen LogP contribution in [0.5, 0.6) is 0 Å². The van der Waals surface area contributed by atoms with Gasteiger partial charge in [0.15, 0.2) is 5.13 Å². The fourth-order valence-electron chi connectivity index (χ4n) is 1.65. The van der Waals surface area contributed by atoms with Gasteiger partial charge >= 0.3 is 0 Å². The first-order valence-corrected chi connectivity index (χ1v) is 6.60. The van der Waals surface area contributed by atoms with Crippen molar-refractivity contribution < 1.29 is 4.39 Å². The van der Waals surface area contributed by atoms with E-state index in [0.29, 0.717) is 0 Å². The SMILES string of the molecule is Fc1cccc(CCCCNc2nccs2)c1. The van der Waals surface area contributed by atoms with Gasteiger partial charge < -0.3 is 5.32 Å². The lowest BCUT2D eigenvalue weighted by atomic mass is 10.1. The molecule has 0 aliphatic heterocycles. The predicted molar refractivity (Wildman–Crippen MR) is 69.9 cm³/mol. The minimum absolute atomic E-state index is 0.150. The van der Waals surface area contributed by atoms with Crippen LogP contribution in [0.3, 0.4) is 0 Å². The lowest BCUT2D eigenvalue weighted by Gasteiger charge is -2.03. The highest BCUT2D eigenvalue weighted by molar-refractivity contribution is 7.13. The normalized spacial score (nSPS) is 10.4. The zero-order valence-corrected chi connectivity index (χ0v) is 10.3. The van der Waals surface area contributed by atoms with E-state index in [1.54, 1.807) is 29.7 Å². The first-order chi connectivity index (χ1) is 8.34. The van der Waals surface area contributed by atoms with Crippen LogP contribution in [0.25, 0.3) is 0 Å². The molecule has 90 valence electrons. The highest BCUT2D eigenvalue weighted by Crippen LogP contribution is 2.11. The van der Waals surface area contributed by atoms with Crippen LogP contribution in [0.2, 0.25) is 0 Å². The number of thiazole rings is 1. The molecule has 0 radical (unpaired) electrons. The van der Waals surface area contributed by atoms with E-state index in [1.165, 1.54) is 6.07 Å². The Kier molecular flexibility index (Phi) is 4.50. The fraction of sp³-hybridized carbons (Fsp3) is 0.308. The van der Waals surface area contributed by atoms with Crippen molar-refractivity contribution in [3.05, 3.63) is 47.2 Å². The standard InChI is InChI=1S/C13H15FN2S/c14-12-6-3-5-11(10-12)4-1-2-7-15-13-16-8-9-17-13/h3,5-6,8-10H,1-2,4,7H2,(H,15,16). The second-order valence-corrected chi connectivity index (χ2v) is 4.75. The highest BCUT2D eigenvalue weighted by Gasteiger charge is 1.96. The molecule has 0 saturated carbocycles. The number of anilines is 1. The molecule has 0 aliphatic rings. The zero-order valence-electron chi connectivity index (χ0n) is 9.53. The van der Waals surface area contributed by atoms with Crippen LogP contribution in [0, 0.1) is 5.82 Å². The van der Waals surface area contributed by atoms with Crippen molar-refractivity contribution >= 4 is 16.5 Å². The summed E-state index contributed by atoms with van der Waals surface area (Å²) < 4.78 is 12.9. The number of hydrogen-bond donors (Lipinski definition) is 1. The Balaban J connectivity index is 1.63. The third-order valence-electron chi connectivity index (χ3n) is 2.49. The summed E-state index contributed by atoms with van der Waals surface area (Å²) >= 11 is 1.61. The lowest BCUT2D eigenvalue weighted by Crippen LogP contribution is -2.01. The monoisotopic (exact) mass is 250 g/mol. The number of aryl methyl sites for hydroxylation is 1. The van der Waals surface area contributed by atoms with Gasteiger partial charge in [0.1, 0.15) is 5.82 Å². The third-order valence-corrected chi connectivity index (χ3v) is 3.22. The molecule has 1 heterocycles. The Morgan fingerprint density at radius 3 is 3.00 bits per heavy atom. The minimum atomic E-state index is -0.150. The summed E-state index contributed by atoms with van der Waals surface area (Å²) in [7, 11) is 0. The number of nitrogens with zero attached hydrogens (tertiary/aromatic N) is 1.